The molecular formula is C14H20BrN3. The lowest BCUT2D eigenvalue weighted by molar-refractivity contribution is 0.834. The van der Waals surface area contributed by atoms with Crippen molar-refractivity contribution < 1.29 is 0 Å². The number of aromatic nitrogens is 3. The number of hydrogen-bond acceptors (Lipinski definition) is 2. The van der Waals surface area contributed by atoms with Crippen molar-refractivity contribution in [2.75, 3.05) is 0 Å². The summed E-state index contributed by atoms with van der Waals surface area (Å²) < 4.78 is 0.738. The first-order valence-corrected chi connectivity index (χ1v) is 6.91. The Bertz CT molecular complexity index is 427. The Morgan fingerprint density at radius 2 is 1.61 bits per heavy atom. The zero-order chi connectivity index (χ0) is 13.5. The highest BCUT2D eigenvalue weighted by Gasteiger charge is 2.02. The molecule has 0 radical (unpaired) electrons. The second kappa shape index (κ2) is 7.31. The number of nitrogens with one attached hydrogen (secondary N) is 1. The number of halogens is 1. The molecule has 1 aromatic heterocycles. The molecule has 1 heterocycles. The van der Waals surface area contributed by atoms with Crippen molar-refractivity contribution in [3.63, 3.8) is 0 Å². The van der Waals surface area contributed by atoms with E-state index in [0.29, 0.717) is 11.8 Å². The third-order valence-corrected chi connectivity index (χ3v) is 3.01. The predicted octanol–water partition coefficient (Wildman–Crippen LogP) is 4.50. The summed E-state index contributed by atoms with van der Waals surface area (Å²) >= 11 is 3.08. The Morgan fingerprint density at radius 1 is 1.06 bits per heavy atom. The molecule has 0 aliphatic heterocycles. The molecule has 2 aromatic rings. The molecule has 18 heavy (non-hydrogen) atoms. The van der Waals surface area contributed by atoms with Gasteiger partial charge in [0, 0.05) is 0 Å². The van der Waals surface area contributed by atoms with E-state index in [4.69, 9.17) is 0 Å². The predicted molar refractivity (Wildman–Crippen MR) is 78.7 cm³/mol. The summed E-state index contributed by atoms with van der Waals surface area (Å²) in [6, 6.07) is 8.88. The average Bonchev–Trinajstić information content (AvgIpc) is 2.81. The zero-order valence-corrected chi connectivity index (χ0v) is 12.9. The minimum absolute atomic E-state index is 0.642. The maximum Gasteiger partial charge on any atom is 0.148 e. The van der Waals surface area contributed by atoms with E-state index < -0.39 is 0 Å². The molecule has 98 valence electrons. The fourth-order valence-corrected chi connectivity index (χ4v) is 1.65. The summed E-state index contributed by atoms with van der Waals surface area (Å²) in [5.74, 6) is 1.28. The molecule has 3 nitrogen and oxygen atoms in total. The van der Waals surface area contributed by atoms with Gasteiger partial charge in [0.25, 0.3) is 0 Å². The number of benzene rings is 1. The van der Waals surface area contributed by atoms with E-state index in [-0.39, 0.29) is 0 Å². The first kappa shape index (κ1) is 14.9. The molecule has 0 bridgehead atoms. The molecule has 1 N–H and O–H groups in total. The van der Waals surface area contributed by atoms with Crippen LogP contribution in [0.1, 0.15) is 50.7 Å². The molecule has 0 atom stereocenters. The van der Waals surface area contributed by atoms with E-state index in [1.807, 2.05) is 0 Å². The summed E-state index contributed by atoms with van der Waals surface area (Å²) in [7, 11) is 0. The van der Waals surface area contributed by atoms with Gasteiger partial charge in [0.2, 0.25) is 0 Å². The highest BCUT2D eigenvalue weighted by molar-refractivity contribution is 9.10. The van der Waals surface area contributed by atoms with Gasteiger partial charge in [-0.1, -0.05) is 52.0 Å². The van der Waals surface area contributed by atoms with Gasteiger partial charge in [-0.05, 0) is 38.9 Å². The number of hydrogen-bond donors (Lipinski definition) is 1. The van der Waals surface area contributed by atoms with E-state index in [0.717, 1.165) is 4.60 Å². The van der Waals surface area contributed by atoms with E-state index in [1.54, 1.807) is 6.20 Å². The smallest absolute Gasteiger partial charge is 0.148 e. The van der Waals surface area contributed by atoms with Crippen LogP contribution in [-0.4, -0.2) is 15.4 Å². The van der Waals surface area contributed by atoms with Gasteiger partial charge < -0.3 is 0 Å². The number of aromatic amines is 1. The van der Waals surface area contributed by atoms with Crippen molar-refractivity contribution >= 4 is 15.9 Å². The Hall–Kier alpha value is -1.16. The van der Waals surface area contributed by atoms with Crippen LogP contribution in [0.5, 0.6) is 0 Å². The maximum absolute atomic E-state index is 3.60. The van der Waals surface area contributed by atoms with Crippen LogP contribution in [0.3, 0.4) is 0 Å². The van der Waals surface area contributed by atoms with Gasteiger partial charge in [0.15, 0.2) is 0 Å². The van der Waals surface area contributed by atoms with E-state index in [9.17, 15) is 0 Å². The van der Waals surface area contributed by atoms with Crippen LogP contribution in [-0.2, 0) is 0 Å². The Morgan fingerprint density at radius 3 is 1.89 bits per heavy atom. The van der Waals surface area contributed by atoms with Gasteiger partial charge in [-0.2, -0.15) is 10.3 Å². The molecule has 0 amide bonds. The summed E-state index contributed by atoms with van der Waals surface area (Å²) in [6.45, 7) is 8.94. The fraction of sp³-hybridized carbons (Fsp3) is 0.429. The first-order chi connectivity index (χ1) is 8.50. The van der Waals surface area contributed by atoms with Crippen molar-refractivity contribution in [2.45, 2.75) is 39.5 Å². The third kappa shape index (κ3) is 5.00. The third-order valence-electron chi connectivity index (χ3n) is 2.63. The molecule has 0 unspecified atom stereocenters. The fourth-order valence-electron chi connectivity index (χ4n) is 1.46. The highest BCUT2D eigenvalue weighted by Crippen LogP contribution is 2.20. The van der Waals surface area contributed by atoms with Crippen molar-refractivity contribution in [1.29, 1.82) is 0 Å². The number of rotatable bonds is 2. The largest absolute Gasteiger partial charge is 0.197 e. The minimum atomic E-state index is 0.642. The summed E-state index contributed by atoms with van der Waals surface area (Å²) in [4.78, 5) is 0. The van der Waals surface area contributed by atoms with E-state index >= 15 is 0 Å². The zero-order valence-electron chi connectivity index (χ0n) is 11.3. The SMILES string of the molecule is Brc1cn[nH]n1.CC(C)c1cccc(C(C)C)c1. The normalized spacial score (nSPS) is 10.4. The molecule has 1 aromatic carbocycles. The van der Waals surface area contributed by atoms with Crippen molar-refractivity contribution in [3.05, 3.63) is 46.2 Å². The second-order valence-electron chi connectivity index (χ2n) is 4.77. The van der Waals surface area contributed by atoms with Crippen LogP contribution >= 0.6 is 15.9 Å². The Kier molecular flexibility index (Phi) is 6.05. The topological polar surface area (TPSA) is 41.6 Å². The lowest BCUT2D eigenvalue weighted by Gasteiger charge is -2.09. The molecule has 0 saturated heterocycles. The standard InChI is InChI=1S/C12H18.C2H2BrN3/c1-9(2)11-6-5-7-12(8-11)10(3)4;3-2-1-4-6-5-2/h5-10H,1-4H3;1H,(H,4,5,6). The van der Waals surface area contributed by atoms with Gasteiger partial charge in [-0.3, -0.25) is 0 Å². The average molecular weight is 310 g/mol. The summed E-state index contributed by atoms with van der Waals surface area (Å²) in [5, 5.41) is 9.52. The van der Waals surface area contributed by atoms with Crippen LogP contribution in [0, 0.1) is 0 Å². The van der Waals surface area contributed by atoms with Crippen molar-refractivity contribution in [3.8, 4) is 0 Å². The first-order valence-electron chi connectivity index (χ1n) is 6.11. The second-order valence-corrected chi connectivity index (χ2v) is 5.58. The minimum Gasteiger partial charge on any atom is -0.197 e. The van der Waals surface area contributed by atoms with Gasteiger partial charge in [-0.25, -0.2) is 0 Å². The van der Waals surface area contributed by atoms with Crippen LogP contribution in [0.15, 0.2) is 35.1 Å². The summed E-state index contributed by atoms with van der Waals surface area (Å²) in [5.41, 5.74) is 2.89. The monoisotopic (exact) mass is 309 g/mol. The Labute approximate surface area is 117 Å². The van der Waals surface area contributed by atoms with Crippen LogP contribution in [0.25, 0.3) is 0 Å². The number of H-pyrrole nitrogens is 1. The van der Waals surface area contributed by atoms with Crippen LogP contribution in [0.4, 0.5) is 0 Å². The molecule has 0 aliphatic rings. The molecule has 0 spiro atoms. The van der Waals surface area contributed by atoms with Crippen molar-refractivity contribution in [1.82, 2.24) is 15.4 Å². The van der Waals surface area contributed by atoms with E-state index in [2.05, 4.69) is 83.3 Å². The van der Waals surface area contributed by atoms with Crippen molar-refractivity contribution in [2.24, 2.45) is 0 Å². The highest BCUT2D eigenvalue weighted by atomic mass is 79.9. The molecule has 0 fully saturated rings. The van der Waals surface area contributed by atoms with Crippen LogP contribution < -0.4 is 0 Å². The van der Waals surface area contributed by atoms with Gasteiger partial charge in [-0.15, -0.1) is 5.10 Å². The van der Waals surface area contributed by atoms with Gasteiger partial charge >= 0.3 is 0 Å². The molecule has 4 heteroatoms. The van der Waals surface area contributed by atoms with Gasteiger partial charge in [0.1, 0.15) is 4.60 Å². The Balaban J connectivity index is 0.000000225. The molecule has 2 rings (SSSR count). The van der Waals surface area contributed by atoms with Crippen LogP contribution in [0.2, 0.25) is 0 Å². The summed E-state index contributed by atoms with van der Waals surface area (Å²) in [6.07, 6.45) is 1.58. The molecule has 0 saturated carbocycles. The maximum atomic E-state index is 3.60. The van der Waals surface area contributed by atoms with Gasteiger partial charge in [0.05, 0.1) is 6.20 Å². The molecule has 0 aliphatic carbocycles. The van der Waals surface area contributed by atoms with E-state index in [1.165, 1.54) is 11.1 Å². The lowest BCUT2D eigenvalue weighted by atomic mass is 9.96. The number of nitrogens with zero attached hydrogens (tertiary/aromatic N) is 2. The molecular weight excluding hydrogens is 290 g/mol. The lowest BCUT2D eigenvalue weighted by Crippen LogP contribution is -1.91. The quantitative estimate of drug-likeness (QED) is 0.887.